The monoisotopic (exact) mass is 165 g/mol. The lowest BCUT2D eigenvalue weighted by molar-refractivity contribution is 0.551. The molecule has 0 bridgehead atoms. The molecule has 68 valence electrons. The molecule has 0 aliphatic heterocycles. The topological polar surface area (TPSA) is 12.0 Å². The zero-order chi connectivity index (χ0) is 8.23. The lowest BCUT2D eigenvalue weighted by Crippen LogP contribution is -2.26. The zero-order valence-electron chi connectivity index (χ0n) is 7.81. The summed E-state index contributed by atoms with van der Waals surface area (Å²) in [6.07, 6.45) is 12.3. The van der Waals surface area contributed by atoms with E-state index in [9.17, 15) is 0 Å². The molecule has 0 saturated heterocycles. The van der Waals surface area contributed by atoms with Gasteiger partial charge in [0.15, 0.2) is 0 Å². The molecule has 1 N–H and O–H groups in total. The molecule has 0 unspecified atom stereocenters. The smallest absolute Gasteiger partial charge is 0.0140 e. The number of rotatable bonds is 3. The third-order valence-electron chi connectivity index (χ3n) is 3.15. The number of allylic oxidation sites excluding steroid dienone is 1. The molecule has 2 aliphatic rings. The Morgan fingerprint density at radius 3 is 2.50 bits per heavy atom. The van der Waals surface area contributed by atoms with Gasteiger partial charge in [0.1, 0.15) is 0 Å². The molecule has 0 atom stereocenters. The molecule has 2 rings (SSSR count). The van der Waals surface area contributed by atoms with E-state index >= 15 is 0 Å². The largest absolute Gasteiger partial charge is 0.311 e. The summed E-state index contributed by atoms with van der Waals surface area (Å²) < 4.78 is 0. The summed E-state index contributed by atoms with van der Waals surface area (Å²) in [6.45, 7) is 1.12. The van der Waals surface area contributed by atoms with Crippen molar-refractivity contribution in [3.8, 4) is 0 Å². The molecule has 2 saturated carbocycles. The van der Waals surface area contributed by atoms with Gasteiger partial charge in [0.2, 0.25) is 0 Å². The molecule has 1 heteroatoms. The van der Waals surface area contributed by atoms with E-state index in [1.165, 1.54) is 44.9 Å². The molecule has 0 amide bonds. The average molecular weight is 165 g/mol. The minimum Gasteiger partial charge on any atom is -0.311 e. The van der Waals surface area contributed by atoms with Crippen LogP contribution in [0.2, 0.25) is 0 Å². The number of hydrogen-bond donors (Lipinski definition) is 1. The van der Waals surface area contributed by atoms with Crippen molar-refractivity contribution >= 4 is 0 Å². The average Bonchev–Trinajstić information content (AvgIpc) is 2.46. The van der Waals surface area contributed by atoms with Gasteiger partial charge in [-0.15, -0.1) is 0 Å². The quantitative estimate of drug-likeness (QED) is 0.634. The number of nitrogens with one attached hydrogen (secondary N) is 1. The fraction of sp³-hybridized carbons (Fsp3) is 0.818. The van der Waals surface area contributed by atoms with Crippen LogP contribution in [-0.4, -0.2) is 12.6 Å². The van der Waals surface area contributed by atoms with E-state index in [1.54, 1.807) is 5.57 Å². The van der Waals surface area contributed by atoms with Crippen LogP contribution in [0.1, 0.15) is 44.9 Å². The first-order valence-corrected chi connectivity index (χ1v) is 5.36. The van der Waals surface area contributed by atoms with E-state index in [1.807, 2.05) is 0 Å². The Labute approximate surface area is 75.2 Å². The standard InChI is InChI=1S/C11H19N/c1-2-7-11(6-1)12-9-8-10-4-3-5-10/h8,11-12H,1-7,9H2. The summed E-state index contributed by atoms with van der Waals surface area (Å²) in [4.78, 5) is 0. The van der Waals surface area contributed by atoms with Crippen molar-refractivity contribution in [3.63, 3.8) is 0 Å². The molecule has 2 aliphatic carbocycles. The molecule has 0 heterocycles. The van der Waals surface area contributed by atoms with Crippen molar-refractivity contribution in [2.75, 3.05) is 6.54 Å². The van der Waals surface area contributed by atoms with Gasteiger partial charge in [-0.25, -0.2) is 0 Å². The van der Waals surface area contributed by atoms with Gasteiger partial charge in [-0.2, -0.15) is 0 Å². The van der Waals surface area contributed by atoms with Gasteiger partial charge in [-0.1, -0.05) is 24.5 Å². The van der Waals surface area contributed by atoms with E-state index in [0.717, 1.165) is 12.6 Å². The van der Waals surface area contributed by atoms with Crippen molar-refractivity contribution < 1.29 is 0 Å². The molecule has 2 fully saturated rings. The maximum atomic E-state index is 3.60. The first kappa shape index (κ1) is 8.31. The SMILES string of the molecule is C(CNC1CCCC1)=C1CCC1. The Kier molecular flexibility index (Phi) is 2.83. The summed E-state index contributed by atoms with van der Waals surface area (Å²) in [6, 6.07) is 0.835. The molecule has 0 spiro atoms. The predicted molar refractivity (Wildman–Crippen MR) is 52.2 cm³/mol. The first-order chi connectivity index (χ1) is 5.95. The Morgan fingerprint density at radius 2 is 1.92 bits per heavy atom. The second kappa shape index (κ2) is 4.08. The lowest BCUT2D eigenvalue weighted by Gasteiger charge is -2.17. The van der Waals surface area contributed by atoms with E-state index in [0.29, 0.717) is 0 Å². The zero-order valence-corrected chi connectivity index (χ0v) is 7.81. The molecule has 0 aromatic heterocycles. The second-order valence-corrected chi connectivity index (χ2v) is 4.11. The molecular formula is C11H19N. The van der Waals surface area contributed by atoms with Crippen molar-refractivity contribution in [2.45, 2.75) is 51.0 Å². The van der Waals surface area contributed by atoms with E-state index in [2.05, 4.69) is 11.4 Å². The Bertz CT molecular complexity index is 160. The highest BCUT2D eigenvalue weighted by Gasteiger charge is 2.13. The van der Waals surface area contributed by atoms with E-state index in [-0.39, 0.29) is 0 Å². The minimum atomic E-state index is 0.835. The van der Waals surface area contributed by atoms with Crippen LogP contribution in [0.25, 0.3) is 0 Å². The van der Waals surface area contributed by atoms with Crippen LogP contribution >= 0.6 is 0 Å². The van der Waals surface area contributed by atoms with Gasteiger partial charge >= 0.3 is 0 Å². The van der Waals surface area contributed by atoms with Crippen LogP contribution in [0.15, 0.2) is 11.6 Å². The normalized spacial score (nSPS) is 24.2. The highest BCUT2D eigenvalue weighted by Crippen LogP contribution is 2.24. The fourth-order valence-electron chi connectivity index (χ4n) is 2.08. The molecule has 0 aromatic carbocycles. The summed E-state index contributed by atoms with van der Waals surface area (Å²) in [5, 5.41) is 3.60. The predicted octanol–water partition coefficient (Wildman–Crippen LogP) is 2.63. The van der Waals surface area contributed by atoms with Crippen LogP contribution in [0.3, 0.4) is 0 Å². The van der Waals surface area contributed by atoms with Gasteiger partial charge in [-0.3, -0.25) is 0 Å². The molecule has 1 nitrogen and oxygen atoms in total. The lowest BCUT2D eigenvalue weighted by atomic mass is 9.92. The van der Waals surface area contributed by atoms with Crippen molar-refractivity contribution in [1.82, 2.24) is 5.32 Å². The van der Waals surface area contributed by atoms with Crippen molar-refractivity contribution in [3.05, 3.63) is 11.6 Å². The minimum absolute atomic E-state index is 0.835. The van der Waals surface area contributed by atoms with Gasteiger partial charge in [-0.05, 0) is 32.1 Å². The van der Waals surface area contributed by atoms with Gasteiger partial charge < -0.3 is 5.32 Å². The van der Waals surface area contributed by atoms with Crippen molar-refractivity contribution in [1.29, 1.82) is 0 Å². The van der Waals surface area contributed by atoms with Gasteiger partial charge in [0, 0.05) is 12.6 Å². The maximum Gasteiger partial charge on any atom is 0.0140 e. The molecule has 0 aromatic rings. The summed E-state index contributed by atoms with van der Waals surface area (Å²) in [5.41, 5.74) is 1.68. The maximum absolute atomic E-state index is 3.60. The van der Waals surface area contributed by atoms with E-state index in [4.69, 9.17) is 0 Å². The summed E-state index contributed by atoms with van der Waals surface area (Å²) in [5.74, 6) is 0. The molecule has 0 radical (unpaired) electrons. The van der Waals surface area contributed by atoms with E-state index < -0.39 is 0 Å². The third kappa shape index (κ3) is 2.10. The van der Waals surface area contributed by atoms with Crippen LogP contribution in [-0.2, 0) is 0 Å². The first-order valence-electron chi connectivity index (χ1n) is 5.36. The highest BCUT2D eigenvalue weighted by atomic mass is 14.9. The third-order valence-corrected chi connectivity index (χ3v) is 3.15. The summed E-state index contributed by atoms with van der Waals surface area (Å²) >= 11 is 0. The van der Waals surface area contributed by atoms with Crippen molar-refractivity contribution in [2.24, 2.45) is 0 Å². The van der Waals surface area contributed by atoms with Gasteiger partial charge in [0.05, 0.1) is 0 Å². The Hall–Kier alpha value is -0.300. The highest BCUT2D eigenvalue weighted by molar-refractivity contribution is 5.10. The Morgan fingerprint density at radius 1 is 1.17 bits per heavy atom. The van der Waals surface area contributed by atoms with Crippen LogP contribution in [0.5, 0.6) is 0 Å². The van der Waals surface area contributed by atoms with Crippen LogP contribution in [0.4, 0.5) is 0 Å². The molecule has 12 heavy (non-hydrogen) atoms. The Balaban J connectivity index is 1.61. The van der Waals surface area contributed by atoms with Crippen LogP contribution < -0.4 is 5.32 Å². The van der Waals surface area contributed by atoms with Crippen LogP contribution in [0, 0.1) is 0 Å². The molecular weight excluding hydrogens is 146 g/mol. The fourth-order valence-corrected chi connectivity index (χ4v) is 2.08. The second-order valence-electron chi connectivity index (χ2n) is 4.11. The summed E-state index contributed by atoms with van der Waals surface area (Å²) in [7, 11) is 0. The number of hydrogen-bond acceptors (Lipinski definition) is 1. The van der Waals surface area contributed by atoms with Gasteiger partial charge in [0.25, 0.3) is 0 Å².